The van der Waals surface area contributed by atoms with Crippen molar-refractivity contribution < 1.29 is 0 Å². The molecule has 19 heavy (non-hydrogen) atoms. The van der Waals surface area contributed by atoms with Gasteiger partial charge >= 0.3 is 0 Å². The Bertz CT molecular complexity index is 743. The number of hydrogen-bond donors (Lipinski definition) is 1. The predicted octanol–water partition coefficient (Wildman–Crippen LogP) is 3.36. The summed E-state index contributed by atoms with van der Waals surface area (Å²) < 4.78 is 2.13. The number of rotatable bonds is 1. The number of aromatic nitrogens is 2. The molecule has 1 aromatic carbocycles. The maximum absolute atomic E-state index is 4.34. The fourth-order valence-corrected chi connectivity index (χ4v) is 2.80. The van der Waals surface area contributed by atoms with Crippen molar-refractivity contribution in [1.82, 2.24) is 9.38 Å². The molecule has 0 aliphatic carbocycles. The van der Waals surface area contributed by atoms with Gasteiger partial charge in [0.2, 0.25) is 0 Å². The lowest BCUT2D eigenvalue weighted by molar-refractivity contribution is 0.830. The highest BCUT2D eigenvalue weighted by Crippen LogP contribution is 2.28. The molecule has 0 atom stereocenters. The Kier molecular flexibility index (Phi) is 2.30. The fourth-order valence-electron chi connectivity index (χ4n) is 2.80. The maximum Gasteiger partial charge on any atom is 0.137 e. The number of nitrogens with zero attached hydrogens (tertiary/aromatic N) is 2. The van der Waals surface area contributed by atoms with E-state index in [1.54, 1.807) is 0 Å². The highest BCUT2D eigenvalue weighted by Gasteiger charge is 2.10. The molecule has 2 aromatic heterocycles. The molecule has 94 valence electrons. The van der Waals surface area contributed by atoms with Crippen molar-refractivity contribution in [1.29, 1.82) is 0 Å². The number of pyridine rings is 1. The van der Waals surface area contributed by atoms with E-state index < -0.39 is 0 Å². The van der Waals surface area contributed by atoms with E-state index in [1.165, 1.54) is 35.3 Å². The Morgan fingerprint density at radius 3 is 3.16 bits per heavy atom. The molecule has 4 rings (SSSR count). The fraction of sp³-hybridized carbons (Fsp3) is 0.188. The second-order valence-electron chi connectivity index (χ2n) is 4.97. The standard InChI is InChI=1S/C16H15N3/c1-4-15(19-10-9-18-16(19)5-1)13-7-6-12-3-2-8-17-14(12)11-13/h1,4-7,9-11,17H,2-3,8H2. The van der Waals surface area contributed by atoms with Crippen LogP contribution in [0.1, 0.15) is 12.0 Å². The van der Waals surface area contributed by atoms with E-state index in [0.29, 0.717) is 0 Å². The second kappa shape index (κ2) is 4.12. The Morgan fingerprint density at radius 1 is 1.16 bits per heavy atom. The van der Waals surface area contributed by atoms with Crippen LogP contribution in [0, 0.1) is 0 Å². The molecule has 1 aliphatic heterocycles. The minimum Gasteiger partial charge on any atom is -0.385 e. The van der Waals surface area contributed by atoms with Gasteiger partial charge in [0.05, 0.1) is 5.69 Å². The zero-order valence-corrected chi connectivity index (χ0v) is 10.6. The second-order valence-corrected chi connectivity index (χ2v) is 4.97. The molecular weight excluding hydrogens is 234 g/mol. The Labute approximate surface area is 111 Å². The SMILES string of the molecule is c1cc(-c2ccc3c(c2)NCCC3)n2ccnc2c1. The molecule has 3 heterocycles. The summed E-state index contributed by atoms with van der Waals surface area (Å²) in [4.78, 5) is 4.34. The zero-order chi connectivity index (χ0) is 12.7. The first kappa shape index (κ1) is 10.6. The van der Waals surface area contributed by atoms with Crippen molar-refractivity contribution in [3.63, 3.8) is 0 Å². The first-order chi connectivity index (χ1) is 9.42. The third kappa shape index (κ3) is 1.70. The van der Waals surface area contributed by atoms with E-state index in [1.807, 2.05) is 18.5 Å². The molecule has 0 amide bonds. The topological polar surface area (TPSA) is 29.3 Å². The monoisotopic (exact) mass is 249 g/mol. The van der Waals surface area contributed by atoms with Crippen LogP contribution in [-0.2, 0) is 6.42 Å². The van der Waals surface area contributed by atoms with Crippen LogP contribution in [0.15, 0.2) is 48.8 Å². The molecule has 0 spiro atoms. The summed E-state index contributed by atoms with van der Waals surface area (Å²) in [6, 6.07) is 12.9. The van der Waals surface area contributed by atoms with Crippen LogP contribution < -0.4 is 5.32 Å². The van der Waals surface area contributed by atoms with Crippen LogP contribution in [0.25, 0.3) is 16.9 Å². The van der Waals surface area contributed by atoms with Gasteiger partial charge in [-0.15, -0.1) is 0 Å². The van der Waals surface area contributed by atoms with Gasteiger partial charge in [0.15, 0.2) is 0 Å². The van der Waals surface area contributed by atoms with Crippen LogP contribution in [0.2, 0.25) is 0 Å². The summed E-state index contributed by atoms with van der Waals surface area (Å²) in [5.41, 5.74) is 6.11. The van der Waals surface area contributed by atoms with Gasteiger partial charge in [-0.05, 0) is 36.6 Å². The van der Waals surface area contributed by atoms with E-state index in [0.717, 1.165) is 12.2 Å². The van der Waals surface area contributed by atoms with E-state index >= 15 is 0 Å². The summed E-state index contributed by atoms with van der Waals surface area (Å²) in [6.45, 7) is 1.08. The largest absolute Gasteiger partial charge is 0.385 e. The summed E-state index contributed by atoms with van der Waals surface area (Å²) in [5, 5.41) is 3.49. The minimum atomic E-state index is 0.989. The molecule has 3 heteroatoms. The smallest absolute Gasteiger partial charge is 0.137 e. The highest BCUT2D eigenvalue weighted by molar-refractivity contribution is 5.70. The van der Waals surface area contributed by atoms with Crippen molar-refractivity contribution in [2.24, 2.45) is 0 Å². The van der Waals surface area contributed by atoms with Gasteiger partial charge in [0.25, 0.3) is 0 Å². The molecular formula is C16H15N3. The molecule has 0 bridgehead atoms. The van der Waals surface area contributed by atoms with Crippen molar-refractivity contribution in [2.45, 2.75) is 12.8 Å². The van der Waals surface area contributed by atoms with Crippen LogP contribution in [0.4, 0.5) is 5.69 Å². The van der Waals surface area contributed by atoms with Crippen LogP contribution in [0.5, 0.6) is 0 Å². The molecule has 0 saturated carbocycles. The molecule has 0 fully saturated rings. The Hall–Kier alpha value is -2.29. The first-order valence-corrected chi connectivity index (χ1v) is 6.71. The molecule has 3 nitrogen and oxygen atoms in total. The van der Waals surface area contributed by atoms with Crippen molar-refractivity contribution in [2.75, 3.05) is 11.9 Å². The molecule has 0 unspecified atom stereocenters. The van der Waals surface area contributed by atoms with Crippen molar-refractivity contribution in [3.05, 3.63) is 54.4 Å². The molecule has 1 N–H and O–H groups in total. The van der Waals surface area contributed by atoms with Crippen molar-refractivity contribution in [3.8, 4) is 11.3 Å². The van der Waals surface area contributed by atoms with Crippen LogP contribution in [-0.4, -0.2) is 15.9 Å². The molecule has 3 aromatic rings. The van der Waals surface area contributed by atoms with Crippen LogP contribution >= 0.6 is 0 Å². The number of benzene rings is 1. The van der Waals surface area contributed by atoms with E-state index in [4.69, 9.17) is 0 Å². The number of imidazole rings is 1. The van der Waals surface area contributed by atoms with E-state index in [2.05, 4.69) is 45.0 Å². The van der Waals surface area contributed by atoms with Gasteiger partial charge in [-0.1, -0.05) is 18.2 Å². The molecule has 0 saturated heterocycles. The van der Waals surface area contributed by atoms with Gasteiger partial charge in [-0.25, -0.2) is 4.98 Å². The summed E-state index contributed by atoms with van der Waals surface area (Å²) in [7, 11) is 0. The summed E-state index contributed by atoms with van der Waals surface area (Å²) >= 11 is 0. The Balaban J connectivity index is 1.90. The van der Waals surface area contributed by atoms with E-state index in [-0.39, 0.29) is 0 Å². The lowest BCUT2D eigenvalue weighted by Gasteiger charge is -2.19. The average Bonchev–Trinajstić information content (AvgIpc) is 2.95. The van der Waals surface area contributed by atoms with Crippen LogP contribution in [0.3, 0.4) is 0 Å². The number of aryl methyl sites for hydroxylation is 1. The third-order valence-electron chi connectivity index (χ3n) is 3.77. The van der Waals surface area contributed by atoms with Gasteiger partial charge < -0.3 is 5.32 Å². The first-order valence-electron chi connectivity index (χ1n) is 6.71. The average molecular weight is 249 g/mol. The summed E-state index contributed by atoms with van der Waals surface area (Å²) in [5.74, 6) is 0. The highest BCUT2D eigenvalue weighted by atomic mass is 15.0. The van der Waals surface area contributed by atoms with Gasteiger partial charge in [0, 0.05) is 30.2 Å². The van der Waals surface area contributed by atoms with Gasteiger partial charge in [0.1, 0.15) is 5.65 Å². The Morgan fingerprint density at radius 2 is 2.16 bits per heavy atom. The van der Waals surface area contributed by atoms with Crippen molar-refractivity contribution >= 4 is 11.3 Å². The summed E-state index contributed by atoms with van der Waals surface area (Å²) in [6.07, 6.45) is 6.26. The zero-order valence-electron chi connectivity index (χ0n) is 10.6. The number of nitrogens with one attached hydrogen (secondary N) is 1. The quantitative estimate of drug-likeness (QED) is 0.716. The predicted molar refractivity (Wildman–Crippen MR) is 77.4 cm³/mol. The lowest BCUT2D eigenvalue weighted by Crippen LogP contribution is -2.11. The lowest BCUT2D eigenvalue weighted by atomic mass is 10.00. The van der Waals surface area contributed by atoms with Gasteiger partial charge in [-0.2, -0.15) is 0 Å². The van der Waals surface area contributed by atoms with Gasteiger partial charge in [-0.3, -0.25) is 4.40 Å². The molecule has 1 aliphatic rings. The normalized spacial score (nSPS) is 14.1. The maximum atomic E-state index is 4.34. The number of anilines is 1. The van der Waals surface area contributed by atoms with E-state index in [9.17, 15) is 0 Å². The third-order valence-corrected chi connectivity index (χ3v) is 3.77. The molecule has 0 radical (unpaired) electrons. The number of hydrogen-bond acceptors (Lipinski definition) is 2. The minimum absolute atomic E-state index is 0.989. The number of fused-ring (bicyclic) bond motifs is 2.